The molecule has 6 rings (SSSR count). The average molecular weight is 474 g/mol. The number of nitrogens with one attached hydrogen (secondary N) is 2. The van der Waals surface area contributed by atoms with Gasteiger partial charge in [0, 0.05) is 31.3 Å². The Morgan fingerprint density at radius 2 is 2.03 bits per heavy atom. The fourth-order valence-electron chi connectivity index (χ4n) is 4.99. The number of hydrogen-bond acceptors (Lipinski definition) is 7. The van der Waals surface area contributed by atoms with Crippen molar-refractivity contribution in [2.75, 3.05) is 0 Å². The number of rotatable bonds is 4. The second-order valence-corrected chi connectivity index (χ2v) is 8.94. The number of aromatic nitrogens is 5. The molecule has 35 heavy (non-hydrogen) atoms. The van der Waals surface area contributed by atoms with Crippen LogP contribution in [0.2, 0.25) is 0 Å². The number of imide groups is 1. The molecule has 0 spiro atoms. The Kier molecular flexibility index (Phi) is 4.94. The van der Waals surface area contributed by atoms with Crippen LogP contribution in [0.3, 0.4) is 0 Å². The van der Waals surface area contributed by atoms with Gasteiger partial charge >= 0.3 is 0 Å². The summed E-state index contributed by atoms with van der Waals surface area (Å²) >= 11 is 0. The van der Waals surface area contributed by atoms with Crippen molar-refractivity contribution in [2.45, 2.75) is 50.9 Å². The number of piperidine rings is 1. The third-order valence-electron chi connectivity index (χ3n) is 6.77. The highest BCUT2D eigenvalue weighted by molar-refractivity contribution is 6.05. The highest BCUT2D eigenvalue weighted by atomic mass is 16.2. The van der Waals surface area contributed by atoms with Crippen LogP contribution in [0.25, 0.3) is 5.69 Å². The molecule has 5 heterocycles. The molecule has 2 N–H and O–H groups in total. The maximum Gasteiger partial charge on any atom is 0.274 e. The van der Waals surface area contributed by atoms with Crippen molar-refractivity contribution in [3.63, 3.8) is 0 Å². The second-order valence-electron chi connectivity index (χ2n) is 8.94. The molecule has 3 aliphatic heterocycles. The molecule has 0 aliphatic carbocycles. The van der Waals surface area contributed by atoms with E-state index < -0.39 is 11.9 Å². The molecular formula is C23H22N8O4. The molecule has 3 aliphatic rings. The molecule has 0 bridgehead atoms. The molecule has 178 valence electrons. The summed E-state index contributed by atoms with van der Waals surface area (Å²) in [6.07, 6.45) is 5.54. The van der Waals surface area contributed by atoms with E-state index in [-0.39, 0.29) is 42.4 Å². The van der Waals surface area contributed by atoms with Crippen LogP contribution in [0.4, 0.5) is 0 Å². The topological polar surface area (TPSA) is 144 Å². The second kappa shape index (κ2) is 8.15. The fraction of sp³-hybridized carbons (Fsp3) is 0.348. The third kappa shape index (κ3) is 3.66. The Balaban J connectivity index is 1.18. The van der Waals surface area contributed by atoms with Gasteiger partial charge in [0.15, 0.2) is 5.69 Å². The van der Waals surface area contributed by atoms with Gasteiger partial charge in [-0.3, -0.25) is 29.2 Å². The van der Waals surface area contributed by atoms with Crippen molar-refractivity contribution < 1.29 is 19.2 Å². The zero-order chi connectivity index (χ0) is 24.1. The van der Waals surface area contributed by atoms with Crippen LogP contribution in [0.5, 0.6) is 0 Å². The summed E-state index contributed by atoms with van der Waals surface area (Å²) in [7, 11) is 0. The molecule has 4 amide bonds. The lowest BCUT2D eigenvalue weighted by molar-refractivity contribution is -0.136. The first-order valence-electron chi connectivity index (χ1n) is 11.5. The molecule has 12 heteroatoms. The van der Waals surface area contributed by atoms with E-state index in [0.29, 0.717) is 17.7 Å². The summed E-state index contributed by atoms with van der Waals surface area (Å²) in [6, 6.07) is 6.31. The number of hydrogen-bond donors (Lipinski definition) is 2. The first-order valence-corrected chi connectivity index (χ1v) is 11.5. The van der Waals surface area contributed by atoms with Crippen LogP contribution in [0.15, 0.2) is 36.7 Å². The number of carbonyl (C=O) groups is 4. The number of fused-ring (bicyclic) bond motifs is 2. The van der Waals surface area contributed by atoms with Gasteiger partial charge < -0.3 is 10.2 Å². The highest BCUT2D eigenvalue weighted by Gasteiger charge is 2.39. The predicted molar refractivity (Wildman–Crippen MR) is 119 cm³/mol. The molecular weight excluding hydrogens is 452 g/mol. The minimum Gasteiger partial charge on any atom is -0.342 e. The Bertz CT molecular complexity index is 1380. The van der Waals surface area contributed by atoms with E-state index in [2.05, 4.69) is 26.0 Å². The first-order chi connectivity index (χ1) is 17.0. The Labute approximate surface area is 199 Å². The van der Waals surface area contributed by atoms with E-state index in [9.17, 15) is 19.2 Å². The van der Waals surface area contributed by atoms with Gasteiger partial charge in [-0.1, -0.05) is 5.21 Å². The summed E-state index contributed by atoms with van der Waals surface area (Å²) in [6.45, 7) is 1.10. The fourth-order valence-corrected chi connectivity index (χ4v) is 4.99. The molecule has 1 saturated heterocycles. The molecule has 1 aromatic carbocycles. The summed E-state index contributed by atoms with van der Waals surface area (Å²) in [4.78, 5) is 50.9. The highest BCUT2D eigenvalue weighted by Crippen LogP contribution is 2.29. The van der Waals surface area contributed by atoms with E-state index in [4.69, 9.17) is 0 Å². The third-order valence-corrected chi connectivity index (χ3v) is 6.77. The summed E-state index contributed by atoms with van der Waals surface area (Å²) in [5.74, 6) is -1.34. The van der Waals surface area contributed by atoms with Crippen molar-refractivity contribution in [1.29, 1.82) is 0 Å². The molecule has 0 radical (unpaired) electrons. The quantitative estimate of drug-likeness (QED) is 0.524. The number of amides is 4. The monoisotopic (exact) mass is 474 g/mol. The van der Waals surface area contributed by atoms with Crippen LogP contribution >= 0.6 is 0 Å². The standard InChI is InChI=1S/C23H22N8O4/c32-20-6-5-19(22(34)26-20)29-11-13-10-14(3-4-15(13)23(29)35)31-12-17(27-28-31)21(33)25-16-2-1-9-30-18(16)7-8-24-30/h3-4,7-8,10,12,16,19H,1-2,5-6,9,11H2,(H,25,33)(H,26,32,34). The molecule has 2 atom stereocenters. The van der Waals surface area contributed by atoms with Gasteiger partial charge in [-0.15, -0.1) is 5.10 Å². The van der Waals surface area contributed by atoms with Crippen molar-refractivity contribution in [3.05, 3.63) is 59.2 Å². The summed E-state index contributed by atoms with van der Waals surface area (Å²) in [5, 5.41) is 17.7. The lowest BCUT2D eigenvalue weighted by Gasteiger charge is -2.29. The van der Waals surface area contributed by atoms with Gasteiger partial charge in [0.25, 0.3) is 11.8 Å². The summed E-state index contributed by atoms with van der Waals surface area (Å²) in [5.41, 5.74) is 3.05. The number of aryl methyl sites for hydroxylation is 1. The summed E-state index contributed by atoms with van der Waals surface area (Å²) < 4.78 is 3.38. The predicted octanol–water partition coefficient (Wildman–Crippen LogP) is 0.490. The van der Waals surface area contributed by atoms with Crippen molar-refractivity contribution in [1.82, 2.24) is 40.3 Å². The lowest BCUT2D eigenvalue weighted by Crippen LogP contribution is -2.52. The minimum absolute atomic E-state index is 0.131. The van der Waals surface area contributed by atoms with Gasteiger partial charge in [0.2, 0.25) is 11.8 Å². The SMILES string of the molecule is O=C1CCC(N2Cc3cc(-n4cc(C(=O)NC5CCCn6nccc65)nn4)ccc3C2=O)C(=O)N1. The molecule has 1 fully saturated rings. The van der Waals surface area contributed by atoms with Crippen LogP contribution in [0.1, 0.15) is 63.8 Å². The van der Waals surface area contributed by atoms with Gasteiger partial charge in [0.1, 0.15) is 6.04 Å². The van der Waals surface area contributed by atoms with Gasteiger partial charge in [-0.25, -0.2) is 4.68 Å². The molecule has 3 aromatic rings. The Morgan fingerprint density at radius 3 is 2.89 bits per heavy atom. The molecule has 2 aromatic heterocycles. The molecule has 12 nitrogen and oxygen atoms in total. The first kappa shape index (κ1) is 21.2. The van der Waals surface area contributed by atoms with Crippen LogP contribution in [-0.4, -0.2) is 59.3 Å². The van der Waals surface area contributed by atoms with Crippen molar-refractivity contribution in [2.24, 2.45) is 0 Å². The Hall–Kier alpha value is -4.35. The van der Waals surface area contributed by atoms with Gasteiger partial charge in [-0.05, 0) is 49.1 Å². The zero-order valence-corrected chi connectivity index (χ0v) is 18.7. The van der Waals surface area contributed by atoms with E-state index in [0.717, 1.165) is 30.6 Å². The average Bonchev–Trinajstić information content (AvgIpc) is 3.58. The van der Waals surface area contributed by atoms with E-state index in [1.165, 1.54) is 9.58 Å². The van der Waals surface area contributed by atoms with E-state index in [1.807, 2.05) is 10.7 Å². The van der Waals surface area contributed by atoms with Gasteiger partial charge in [-0.2, -0.15) is 5.10 Å². The minimum atomic E-state index is -0.672. The van der Waals surface area contributed by atoms with Crippen molar-refractivity contribution in [3.8, 4) is 5.69 Å². The van der Waals surface area contributed by atoms with E-state index in [1.54, 1.807) is 30.6 Å². The lowest BCUT2D eigenvalue weighted by atomic mass is 10.0. The van der Waals surface area contributed by atoms with E-state index >= 15 is 0 Å². The van der Waals surface area contributed by atoms with Crippen molar-refractivity contribution >= 4 is 23.6 Å². The number of carbonyl (C=O) groups excluding carboxylic acids is 4. The van der Waals surface area contributed by atoms with Crippen LogP contribution in [0, 0.1) is 0 Å². The largest absolute Gasteiger partial charge is 0.342 e. The Morgan fingerprint density at radius 1 is 1.14 bits per heavy atom. The van der Waals surface area contributed by atoms with Crippen LogP contribution < -0.4 is 10.6 Å². The number of nitrogens with zero attached hydrogens (tertiary/aromatic N) is 6. The zero-order valence-electron chi connectivity index (χ0n) is 18.7. The number of benzene rings is 1. The molecule has 2 unspecified atom stereocenters. The smallest absolute Gasteiger partial charge is 0.274 e. The van der Waals surface area contributed by atoms with Crippen LogP contribution in [-0.2, 0) is 22.7 Å². The van der Waals surface area contributed by atoms with Gasteiger partial charge in [0.05, 0.1) is 23.6 Å². The normalized spacial score (nSPS) is 21.5. The maximum absolute atomic E-state index is 12.9. The maximum atomic E-state index is 12.9. The molecule has 0 saturated carbocycles.